The number of hydrogen-bond acceptors (Lipinski definition) is 5. The highest BCUT2D eigenvalue weighted by molar-refractivity contribution is 5.35. The minimum absolute atomic E-state index is 0.250. The molecule has 0 bridgehead atoms. The number of benzene rings is 1. The summed E-state index contributed by atoms with van der Waals surface area (Å²) in [5, 5.41) is 10.4. The molecular weight excluding hydrogens is 256 g/mol. The summed E-state index contributed by atoms with van der Waals surface area (Å²) < 4.78 is 10.7. The topological polar surface area (TPSA) is 64.5 Å². The second kappa shape index (κ2) is 6.86. The van der Waals surface area contributed by atoms with Gasteiger partial charge in [-0.2, -0.15) is 4.98 Å². The maximum atomic E-state index is 10.4. The summed E-state index contributed by atoms with van der Waals surface area (Å²) in [5.41, 5.74) is 1.29. The van der Waals surface area contributed by atoms with Crippen LogP contribution in [0.4, 0.5) is 0 Å². The van der Waals surface area contributed by atoms with Gasteiger partial charge in [-0.05, 0) is 19.4 Å². The molecule has 5 nitrogen and oxygen atoms in total. The second-order valence-corrected chi connectivity index (χ2v) is 4.09. The van der Waals surface area contributed by atoms with E-state index in [1.54, 1.807) is 6.20 Å². The molecule has 1 atom stereocenters. The lowest BCUT2D eigenvalue weighted by atomic mass is 10.0. The van der Waals surface area contributed by atoms with E-state index in [0.29, 0.717) is 24.7 Å². The predicted octanol–water partition coefficient (Wildman–Crippen LogP) is 2.36. The zero-order chi connectivity index (χ0) is 14.4. The smallest absolute Gasteiger partial charge is 0.319 e. The third-order valence-corrected chi connectivity index (χ3v) is 2.72. The number of rotatable bonds is 6. The first-order valence-electron chi connectivity index (χ1n) is 6.61. The van der Waals surface area contributed by atoms with E-state index in [1.807, 2.05) is 44.2 Å². The Hall–Kier alpha value is -2.14. The Morgan fingerprint density at radius 3 is 2.45 bits per heavy atom. The van der Waals surface area contributed by atoms with Gasteiger partial charge in [0, 0.05) is 6.20 Å². The van der Waals surface area contributed by atoms with E-state index in [9.17, 15) is 5.11 Å². The van der Waals surface area contributed by atoms with Crippen molar-refractivity contribution in [2.45, 2.75) is 20.0 Å². The second-order valence-electron chi connectivity index (χ2n) is 4.09. The van der Waals surface area contributed by atoms with Crippen molar-refractivity contribution in [2.24, 2.45) is 0 Å². The lowest BCUT2D eigenvalue weighted by Gasteiger charge is -2.15. The maximum absolute atomic E-state index is 10.4. The van der Waals surface area contributed by atoms with Crippen LogP contribution in [0.15, 0.2) is 36.5 Å². The van der Waals surface area contributed by atoms with Gasteiger partial charge in [-0.1, -0.05) is 30.3 Å². The van der Waals surface area contributed by atoms with E-state index in [0.717, 1.165) is 5.56 Å². The molecule has 1 N–H and O–H groups in total. The Bertz CT molecular complexity index is 546. The summed E-state index contributed by atoms with van der Waals surface area (Å²) in [7, 11) is 0. The van der Waals surface area contributed by atoms with E-state index in [-0.39, 0.29) is 6.01 Å². The third kappa shape index (κ3) is 3.24. The number of ether oxygens (including phenoxy) is 2. The molecule has 0 unspecified atom stereocenters. The fourth-order valence-electron chi connectivity index (χ4n) is 1.81. The summed E-state index contributed by atoms with van der Waals surface area (Å²) in [5.74, 6) is 0.349. The van der Waals surface area contributed by atoms with Gasteiger partial charge in [0.2, 0.25) is 5.88 Å². The molecule has 0 saturated heterocycles. The van der Waals surface area contributed by atoms with Crippen LogP contribution in [0.1, 0.15) is 31.1 Å². The number of aliphatic hydroxyl groups is 1. The van der Waals surface area contributed by atoms with Crippen molar-refractivity contribution >= 4 is 0 Å². The largest absolute Gasteiger partial charge is 0.478 e. The molecule has 1 heterocycles. The van der Waals surface area contributed by atoms with E-state index in [2.05, 4.69) is 9.97 Å². The third-order valence-electron chi connectivity index (χ3n) is 2.72. The van der Waals surface area contributed by atoms with Gasteiger partial charge in [0.1, 0.15) is 6.10 Å². The highest BCUT2D eigenvalue weighted by Crippen LogP contribution is 2.29. The van der Waals surface area contributed by atoms with Gasteiger partial charge < -0.3 is 14.6 Å². The average molecular weight is 274 g/mol. The maximum Gasteiger partial charge on any atom is 0.319 e. The molecule has 0 spiro atoms. The molecule has 0 radical (unpaired) electrons. The van der Waals surface area contributed by atoms with Gasteiger partial charge in [-0.15, -0.1) is 0 Å². The zero-order valence-corrected chi connectivity index (χ0v) is 11.6. The minimum Gasteiger partial charge on any atom is -0.478 e. The summed E-state index contributed by atoms with van der Waals surface area (Å²) in [6.07, 6.45) is 0.717. The van der Waals surface area contributed by atoms with Gasteiger partial charge in [-0.25, -0.2) is 4.98 Å². The fourth-order valence-corrected chi connectivity index (χ4v) is 1.81. The Balaban J connectivity index is 2.34. The van der Waals surface area contributed by atoms with Crippen molar-refractivity contribution < 1.29 is 14.6 Å². The average Bonchev–Trinajstić information content (AvgIpc) is 2.48. The van der Waals surface area contributed by atoms with Crippen LogP contribution in [0.25, 0.3) is 0 Å². The Kier molecular flexibility index (Phi) is 4.90. The molecule has 0 amide bonds. The normalized spacial score (nSPS) is 11.9. The van der Waals surface area contributed by atoms with Crippen LogP contribution in [0.5, 0.6) is 11.9 Å². The first-order chi connectivity index (χ1) is 9.76. The van der Waals surface area contributed by atoms with E-state index in [1.165, 1.54) is 0 Å². The van der Waals surface area contributed by atoms with Crippen molar-refractivity contribution in [3.63, 3.8) is 0 Å². The van der Waals surface area contributed by atoms with Crippen LogP contribution in [0, 0.1) is 0 Å². The van der Waals surface area contributed by atoms with Crippen molar-refractivity contribution in [3.8, 4) is 11.9 Å². The van der Waals surface area contributed by atoms with Crippen molar-refractivity contribution in [1.82, 2.24) is 9.97 Å². The monoisotopic (exact) mass is 274 g/mol. The predicted molar refractivity (Wildman–Crippen MR) is 74.9 cm³/mol. The summed E-state index contributed by atoms with van der Waals surface area (Å²) in [6, 6.07) is 9.57. The Morgan fingerprint density at radius 1 is 1.10 bits per heavy atom. The number of nitrogens with zero attached hydrogens (tertiary/aromatic N) is 2. The highest BCUT2D eigenvalue weighted by atomic mass is 16.5. The van der Waals surface area contributed by atoms with Gasteiger partial charge in [-0.3, -0.25) is 0 Å². The number of aromatic nitrogens is 2. The van der Waals surface area contributed by atoms with Gasteiger partial charge in [0.15, 0.2) is 0 Å². The molecule has 106 valence electrons. The van der Waals surface area contributed by atoms with Gasteiger partial charge in [0.05, 0.1) is 18.8 Å². The van der Waals surface area contributed by atoms with Crippen molar-refractivity contribution in [1.29, 1.82) is 0 Å². The number of hydrogen-bond donors (Lipinski definition) is 1. The van der Waals surface area contributed by atoms with Crippen LogP contribution < -0.4 is 9.47 Å². The fraction of sp³-hybridized carbons (Fsp3) is 0.333. The summed E-state index contributed by atoms with van der Waals surface area (Å²) >= 11 is 0. The standard InChI is InChI=1S/C15H18N2O3/c1-3-19-14-12(10-16-15(17-14)20-4-2)13(18)11-8-6-5-7-9-11/h5-10,13,18H,3-4H2,1-2H3/t13-/m1/s1. The lowest BCUT2D eigenvalue weighted by Crippen LogP contribution is -2.08. The van der Waals surface area contributed by atoms with Gasteiger partial charge >= 0.3 is 6.01 Å². The van der Waals surface area contributed by atoms with Crippen molar-refractivity contribution in [2.75, 3.05) is 13.2 Å². The van der Waals surface area contributed by atoms with Crippen LogP contribution in [0.3, 0.4) is 0 Å². The Labute approximate surface area is 118 Å². The van der Waals surface area contributed by atoms with Crippen LogP contribution >= 0.6 is 0 Å². The zero-order valence-electron chi connectivity index (χ0n) is 11.6. The minimum atomic E-state index is -0.826. The van der Waals surface area contributed by atoms with E-state index >= 15 is 0 Å². The molecule has 2 rings (SSSR count). The molecule has 1 aromatic heterocycles. The summed E-state index contributed by atoms with van der Waals surface area (Å²) in [6.45, 7) is 4.65. The van der Waals surface area contributed by atoms with E-state index < -0.39 is 6.10 Å². The molecule has 0 saturated carbocycles. The molecule has 0 aliphatic carbocycles. The quantitative estimate of drug-likeness (QED) is 0.876. The lowest BCUT2D eigenvalue weighted by molar-refractivity contribution is 0.207. The SMILES string of the molecule is CCOc1ncc([C@H](O)c2ccccc2)c(OCC)n1. The molecule has 20 heavy (non-hydrogen) atoms. The van der Waals surface area contributed by atoms with Crippen LogP contribution in [-0.4, -0.2) is 28.3 Å². The summed E-state index contributed by atoms with van der Waals surface area (Å²) in [4.78, 5) is 8.27. The first kappa shape index (κ1) is 14.3. The number of aliphatic hydroxyl groups excluding tert-OH is 1. The molecular formula is C15H18N2O3. The molecule has 5 heteroatoms. The molecule has 0 aliphatic heterocycles. The molecule has 0 aliphatic rings. The van der Waals surface area contributed by atoms with Gasteiger partial charge in [0.25, 0.3) is 0 Å². The van der Waals surface area contributed by atoms with Crippen LogP contribution in [0.2, 0.25) is 0 Å². The van der Waals surface area contributed by atoms with Crippen LogP contribution in [-0.2, 0) is 0 Å². The first-order valence-corrected chi connectivity index (χ1v) is 6.61. The van der Waals surface area contributed by atoms with Crippen molar-refractivity contribution in [3.05, 3.63) is 47.7 Å². The molecule has 2 aromatic rings. The Morgan fingerprint density at radius 2 is 1.80 bits per heavy atom. The molecule has 1 aromatic carbocycles. The highest BCUT2D eigenvalue weighted by Gasteiger charge is 2.18. The molecule has 0 fully saturated rings. The van der Waals surface area contributed by atoms with E-state index in [4.69, 9.17) is 9.47 Å².